The third-order valence-corrected chi connectivity index (χ3v) is 5.84. The molecule has 0 aliphatic carbocycles. The van der Waals surface area contributed by atoms with E-state index in [2.05, 4.69) is 21.2 Å². The average molecular weight is 525 g/mol. The van der Waals surface area contributed by atoms with Crippen LogP contribution < -0.4 is 14.8 Å². The summed E-state index contributed by atoms with van der Waals surface area (Å²) in [5.41, 5.74) is 1.90. The first-order chi connectivity index (χ1) is 16.5. The van der Waals surface area contributed by atoms with E-state index in [4.69, 9.17) is 9.47 Å². The van der Waals surface area contributed by atoms with Gasteiger partial charge in [-0.2, -0.15) is 0 Å². The number of rotatable bonds is 11. The molecule has 0 fully saturated rings. The van der Waals surface area contributed by atoms with Gasteiger partial charge in [-0.25, -0.2) is 0 Å². The Hall–Kier alpha value is -3.32. The van der Waals surface area contributed by atoms with Crippen molar-refractivity contribution in [1.82, 2.24) is 10.2 Å². The molecule has 3 aromatic rings. The highest BCUT2D eigenvalue weighted by molar-refractivity contribution is 9.10. The molecule has 1 atom stereocenters. The number of ether oxygens (including phenoxy) is 2. The van der Waals surface area contributed by atoms with Crippen molar-refractivity contribution < 1.29 is 19.1 Å². The van der Waals surface area contributed by atoms with Crippen molar-refractivity contribution in [3.8, 4) is 11.5 Å². The SMILES string of the molecule is CCNC(=O)[C@H](Cc1ccccc1)N(Cc1ccc(Br)cc1)C(=O)COc1ccc(OC)cc1. The molecule has 0 radical (unpaired) electrons. The van der Waals surface area contributed by atoms with Crippen LogP contribution in [0.15, 0.2) is 83.3 Å². The summed E-state index contributed by atoms with van der Waals surface area (Å²) in [7, 11) is 1.59. The van der Waals surface area contributed by atoms with Gasteiger partial charge < -0.3 is 19.7 Å². The van der Waals surface area contributed by atoms with Crippen LogP contribution in [0.2, 0.25) is 0 Å². The number of carbonyl (C=O) groups is 2. The summed E-state index contributed by atoms with van der Waals surface area (Å²) in [6.07, 6.45) is 0.400. The van der Waals surface area contributed by atoms with Gasteiger partial charge in [0.2, 0.25) is 5.91 Å². The average Bonchev–Trinajstić information content (AvgIpc) is 2.87. The Labute approximate surface area is 209 Å². The summed E-state index contributed by atoms with van der Waals surface area (Å²) in [5, 5.41) is 2.89. The maximum Gasteiger partial charge on any atom is 0.261 e. The molecule has 1 N–H and O–H groups in total. The zero-order valence-electron chi connectivity index (χ0n) is 19.4. The van der Waals surface area contributed by atoms with Crippen LogP contribution in [0.3, 0.4) is 0 Å². The third kappa shape index (κ3) is 7.35. The number of hydrogen-bond acceptors (Lipinski definition) is 4. The molecule has 0 heterocycles. The summed E-state index contributed by atoms with van der Waals surface area (Å²) in [4.78, 5) is 28.2. The van der Waals surface area contributed by atoms with E-state index in [9.17, 15) is 9.59 Å². The Morgan fingerprint density at radius 2 is 1.56 bits per heavy atom. The van der Waals surface area contributed by atoms with Crippen LogP contribution in [0.5, 0.6) is 11.5 Å². The monoisotopic (exact) mass is 524 g/mol. The highest BCUT2D eigenvalue weighted by atomic mass is 79.9. The largest absolute Gasteiger partial charge is 0.497 e. The second-order valence-corrected chi connectivity index (χ2v) is 8.63. The van der Waals surface area contributed by atoms with Crippen LogP contribution >= 0.6 is 15.9 Å². The van der Waals surface area contributed by atoms with Crippen molar-refractivity contribution in [3.63, 3.8) is 0 Å². The molecule has 0 unspecified atom stereocenters. The second-order valence-electron chi connectivity index (χ2n) is 7.71. The maximum absolute atomic E-state index is 13.4. The van der Waals surface area contributed by atoms with Crippen molar-refractivity contribution in [1.29, 1.82) is 0 Å². The quantitative estimate of drug-likeness (QED) is 0.397. The van der Waals surface area contributed by atoms with Crippen molar-refractivity contribution in [3.05, 3.63) is 94.5 Å². The number of halogens is 1. The molecule has 6 nitrogen and oxygen atoms in total. The van der Waals surface area contributed by atoms with Gasteiger partial charge in [0.1, 0.15) is 17.5 Å². The molecule has 0 saturated carbocycles. The topological polar surface area (TPSA) is 67.9 Å². The Kier molecular flexibility index (Phi) is 9.52. The van der Waals surface area contributed by atoms with E-state index in [1.165, 1.54) is 0 Å². The standard InChI is InChI=1S/C27H29BrN2O4/c1-3-29-27(32)25(17-20-7-5-4-6-8-20)30(18-21-9-11-22(28)12-10-21)26(31)19-34-24-15-13-23(33-2)14-16-24/h4-16,25H,3,17-19H2,1-2H3,(H,29,32)/t25-/m0/s1. The molecule has 0 spiro atoms. The zero-order chi connectivity index (χ0) is 24.3. The van der Waals surface area contributed by atoms with E-state index in [1.807, 2.05) is 61.5 Å². The van der Waals surface area contributed by atoms with Crippen LogP contribution in [-0.4, -0.2) is 43.0 Å². The molecule has 2 amide bonds. The summed E-state index contributed by atoms with van der Waals surface area (Å²) in [6, 6.07) is 23.8. The first-order valence-corrected chi connectivity index (χ1v) is 11.9. The molecule has 178 valence electrons. The highest BCUT2D eigenvalue weighted by Gasteiger charge is 2.30. The molecular weight excluding hydrogens is 496 g/mol. The minimum Gasteiger partial charge on any atom is -0.497 e. The van der Waals surface area contributed by atoms with Crippen LogP contribution in [0, 0.1) is 0 Å². The fourth-order valence-corrected chi connectivity index (χ4v) is 3.80. The van der Waals surface area contributed by atoms with E-state index in [-0.39, 0.29) is 25.0 Å². The number of amides is 2. The van der Waals surface area contributed by atoms with E-state index in [0.717, 1.165) is 15.6 Å². The lowest BCUT2D eigenvalue weighted by Gasteiger charge is -2.31. The molecule has 7 heteroatoms. The highest BCUT2D eigenvalue weighted by Crippen LogP contribution is 2.19. The summed E-state index contributed by atoms with van der Waals surface area (Å²) in [5.74, 6) is 0.789. The molecule has 34 heavy (non-hydrogen) atoms. The fraction of sp³-hybridized carbons (Fsp3) is 0.259. The molecule has 0 saturated heterocycles. The molecular formula is C27H29BrN2O4. The number of benzene rings is 3. The summed E-state index contributed by atoms with van der Waals surface area (Å²) in [6.45, 7) is 2.44. The van der Waals surface area contributed by atoms with Gasteiger partial charge in [-0.1, -0.05) is 58.4 Å². The van der Waals surface area contributed by atoms with Crippen LogP contribution in [0.25, 0.3) is 0 Å². The van der Waals surface area contributed by atoms with Gasteiger partial charge in [0.25, 0.3) is 5.91 Å². The van der Waals surface area contributed by atoms with Gasteiger partial charge in [0, 0.05) is 24.0 Å². The van der Waals surface area contributed by atoms with Crippen molar-refractivity contribution in [2.75, 3.05) is 20.3 Å². The summed E-state index contributed by atoms with van der Waals surface area (Å²) >= 11 is 3.44. The number of nitrogens with one attached hydrogen (secondary N) is 1. The molecule has 0 aromatic heterocycles. The predicted molar refractivity (Wildman–Crippen MR) is 136 cm³/mol. The smallest absolute Gasteiger partial charge is 0.261 e. The van der Waals surface area contributed by atoms with Gasteiger partial charge in [-0.05, 0) is 54.4 Å². The summed E-state index contributed by atoms with van der Waals surface area (Å²) < 4.78 is 11.9. The first-order valence-electron chi connectivity index (χ1n) is 11.1. The van der Waals surface area contributed by atoms with Gasteiger partial charge in [-0.15, -0.1) is 0 Å². The Morgan fingerprint density at radius 1 is 0.912 bits per heavy atom. The Balaban J connectivity index is 1.85. The Bertz CT molecular complexity index is 1060. The van der Waals surface area contributed by atoms with Gasteiger partial charge in [0.15, 0.2) is 6.61 Å². The molecule has 0 bridgehead atoms. The van der Waals surface area contributed by atoms with Crippen molar-refractivity contribution >= 4 is 27.7 Å². The molecule has 3 rings (SSSR count). The minimum atomic E-state index is -0.682. The Morgan fingerprint density at radius 3 is 2.18 bits per heavy atom. The lowest BCUT2D eigenvalue weighted by molar-refractivity contribution is -0.142. The van der Waals surface area contributed by atoms with Crippen LogP contribution in [0.1, 0.15) is 18.1 Å². The van der Waals surface area contributed by atoms with Crippen LogP contribution in [0.4, 0.5) is 0 Å². The zero-order valence-corrected chi connectivity index (χ0v) is 21.0. The lowest BCUT2D eigenvalue weighted by Crippen LogP contribution is -2.51. The third-order valence-electron chi connectivity index (χ3n) is 5.31. The second kappa shape index (κ2) is 12.8. The van der Waals surface area contributed by atoms with Gasteiger partial charge >= 0.3 is 0 Å². The molecule has 0 aliphatic rings. The number of likely N-dealkylation sites (N-methyl/N-ethyl adjacent to an activating group) is 1. The lowest BCUT2D eigenvalue weighted by atomic mass is 10.0. The van der Waals surface area contributed by atoms with Gasteiger partial charge in [0.05, 0.1) is 7.11 Å². The van der Waals surface area contributed by atoms with E-state index < -0.39 is 6.04 Å². The van der Waals surface area contributed by atoms with E-state index in [0.29, 0.717) is 24.5 Å². The number of carbonyl (C=O) groups excluding carboxylic acids is 2. The number of nitrogens with zero attached hydrogens (tertiary/aromatic N) is 1. The normalized spacial score (nSPS) is 11.4. The first kappa shape index (κ1) is 25.3. The number of methoxy groups -OCH3 is 1. The number of hydrogen-bond donors (Lipinski definition) is 1. The van der Waals surface area contributed by atoms with E-state index >= 15 is 0 Å². The fourth-order valence-electron chi connectivity index (χ4n) is 3.53. The molecule has 3 aromatic carbocycles. The molecule has 0 aliphatic heterocycles. The van der Waals surface area contributed by atoms with Crippen molar-refractivity contribution in [2.24, 2.45) is 0 Å². The van der Waals surface area contributed by atoms with Gasteiger partial charge in [-0.3, -0.25) is 9.59 Å². The van der Waals surface area contributed by atoms with Crippen LogP contribution in [-0.2, 0) is 22.6 Å². The van der Waals surface area contributed by atoms with Crippen molar-refractivity contribution in [2.45, 2.75) is 25.9 Å². The van der Waals surface area contributed by atoms with E-state index in [1.54, 1.807) is 36.3 Å². The predicted octanol–water partition coefficient (Wildman–Crippen LogP) is 4.61. The maximum atomic E-state index is 13.4. The minimum absolute atomic E-state index is 0.187.